The van der Waals surface area contributed by atoms with Crippen LogP contribution in [0.3, 0.4) is 0 Å². The van der Waals surface area contributed by atoms with Crippen LogP contribution in [0.15, 0.2) is 65.1 Å². The maximum atomic E-state index is 5.79. The molecule has 0 amide bonds. The highest BCUT2D eigenvalue weighted by Gasteiger charge is 2.15. The van der Waals surface area contributed by atoms with E-state index in [9.17, 15) is 0 Å². The Kier molecular flexibility index (Phi) is 3.67. The van der Waals surface area contributed by atoms with E-state index in [1.54, 1.807) is 0 Å². The summed E-state index contributed by atoms with van der Waals surface area (Å²) in [6, 6.07) is 19.3. The van der Waals surface area contributed by atoms with Gasteiger partial charge < -0.3 is 9.15 Å². The third kappa shape index (κ3) is 2.66. The number of hydrogen-bond donors (Lipinski definition) is 2. The summed E-state index contributed by atoms with van der Waals surface area (Å²) >= 11 is 0. The van der Waals surface area contributed by atoms with Crippen molar-refractivity contribution in [3.05, 3.63) is 66.4 Å². The molecule has 2 aromatic carbocycles. The number of nitrogens with two attached hydrogens (primary N) is 1. The van der Waals surface area contributed by atoms with Gasteiger partial charge in [0.1, 0.15) is 29.7 Å². The first kappa shape index (κ1) is 12.7. The van der Waals surface area contributed by atoms with Gasteiger partial charge in [0.15, 0.2) is 0 Å². The lowest BCUT2D eigenvalue weighted by atomic mass is 10.2. The minimum absolute atomic E-state index is 0.192. The number of benzene rings is 2. The molecule has 1 unspecified atom stereocenters. The van der Waals surface area contributed by atoms with Gasteiger partial charge in [0.05, 0.1) is 0 Å². The van der Waals surface area contributed by atoms with E-state index in [-0.39, 0.29) is 6.04 Å². The van der Waals surface area contributed by atoms with Crippen LogP contribution in [0.2, 0.25) is 0 Å². The lowest BCUT2D eigenvalue weighted by Gasteiger charge is -2.14. The molecule has 0 spiro atoms. The van der Waals surface area contributed by atoms with Crippen LogP contribution in [0.25, 0.3) is 11.0 Å². The van der Waals surface area contributed by atoms with Crippen LogP contribution in [-0.4, -0.2) is 6.61 Å². The molecule has 3 aromatic rings. The maximum absolute atomic E-state index is 5.79. The van der Waals surface area contributed by atoms with E-state index in [1.165, 1.54) is 0 Å². The van der Waals surface area contributed by atoms with E-state index in [0.717, 1.165) is 22.5 Å². The average Bonchev–Trinajstić information content (AvgIpc) is 2.92. The number of rotatable bonds is 5. The molecule has 0 fully saturated rings. The largest absolute Gasteiger partial charge is 0.491 e. The summed E-state index contributed by atoms with van der Waals surface area (Å²) in [6.07, 6.45) is 0. The number of para-hydroxylation sites is 2. The molecular weight excluding hydrogens is 252 g/mol. The second-order valence-electron chi connectivity index (χ2n) is 4.53. The van der Waals surface area contributed by atoms with Crippen LogP contribution in [-0.2, 0) is 0 Å². The summed E-state index contributed by atoms with van der Waals surface area (Å²) in [4.78, 5) is 0. The molecule has 1 aromatic heterocycles. The second-order valence-corrected chi connectivity index (χ2v) is 4.53. The van der Waals surface area contributed by atoms with Crippen molar-refractivity contribution in [2.45, 2.75) is 6.04 Å². The Labute approximate surface area is 117 Å². The summed E-state index contributed by atoms with van der Waals surface area (Å²) in [5.41, 5.74) is 3.58. The molecule has 0 aliphatic rings. The molecule has 3 rings (SSSR count). The predicted octanol–water partition coefficient (Wildman–Crippen LogP) is 3.02. The quantitative estimate of drug-likeness (QED) is 0.551. The Morgan fingerprint density at radius 1 is 1.05 bits per heavy atom. The summed E-state index contributed by atoms with van der Waals surface area (Å²) in [5.74, 6) is 7.18. The van der Waals surface area contributed by atoms with E-state index >= 15 is 0 Å². The summed E-state index contributed by atoms with van der Waals surface area (Å²) in [5, 5.41) is 1.06. The van der Waals surface area contributed by atoms with Crippen molar-refractivity contribution in [2.24, 2.45) is 5.84 Å². The van der Waals surface area contributed by atoms with Crippen molar-refractivity contribution in [1.82, 2.24) is 5.43 Å². The molecule has 20 heavy (non-hydrogen) atoms. The van der Waals surface area contributed by atoms with Gasteiger partial charge in [0.25, 0.3) is 0 Å². The molecule has 1 atom stereocenters. The van der Waals surface area contributed by atoms with Crippen molar-refractivity contribution in [1.29, 1.82) is 0 Å². The fourth-order valence-electron chi connectivity index (χ4n) is 2.08. The predicted molar refractivity (Wildman–Crippen MR) is 78.2 cm³/mol. The van der Waals surface area contributed by atoms with Gasteiger partial charge >= 0.3 is 0 Å². The molecule has 0 saturated heterocycles. The number of hydrogen-bond acceptors (Lipinski definition) is 4. The van der Waals surface area contributed by atoms with Crippen molar-refractivity contribution < 1.29 is 9.15 Å². The molecule has 1 heterocycles. The van der Waals surface area contributed by atoms with Crippen molar-refractivity contribution in [3.63, 3.8) is 0 Å². The Morgan fingerprint density at radius 2 is 1.80 bits per heavy atom. The van der Waals surface area contributed by atoms with Gasteiger partial charge in [0, 0.05) is 5.39 Å². The number of furan rings is 1. The second kappa shape index (κ2) is 5.77. The molecule has 0 saturated carbocycles. The zero-order valence-electron chi connectivity index (χ0n) is 11.0. The SMILES string of the molecule is NNC(COc1ccccc1)c1cc2ccccc2o1. The highest BCUT2D eigenvalue weighted by Crippen LogP contribution is 2.24. The first-order chi connectivity index (χ1) is 9.86. The summed E-state index contributed by atoms with van der Waals surface area (Å²) < 4.78 is 11.5. The number of fused-ring (bicyclic) bond motifs is 1. The Balaban J connectivity index is 1.75. The van der Waals surface area contributed by atoms with Crippen LogP contribution in [0.5, 0.6) is 5.75 Å². The highest BCUT2D eigenvalue weighted by atomic mass is 16.5. The van der Waals surface area contributed by atoms with Crippen LogP contribution in [0.1, 0.15) is 11.8 Å². The van der Waals surface area contributed by atoms with Gasteiger partial charge in [-0.15, -0.1) is 0 Å². The zero-order valence-corrected chi connectivity index (χ0v) is 11.0. The fourth-order valence-corrected chi connectivity index (χ4v) is 2.08. The van der Waals surface area contributed by atoms with E-state index in [4.69, 9.17) is 15.0 Å². The standard InChI is InChI=1S/C16H16N2O2/c17-18-14(11-19-13-7-2-1-3-8-13)16-10-12-6-4-5-9-15(12)20-16/h1-10,14,18H,11,17H2. The van der Waals surface area contributed by atoms with Crippen molar-refractivity contribution in [2.75, 3.05) is 6.61 Å². The van der Waals surface area contributed by atoms with E-state index in [2.05, 4.69) is 5.43 Å². The average molecular weight is 268 g/mol. The van der Waals surface area contributed by atoms with Gasteiger partial charge in [0.2, 0.25) is 0 Å². The first-order valence-electron chi connectivity index (χ1n) is 6.49. The summed E-state index contributed by atoms with van der Waals surface area (Å²) in [6.45, 7) is 0.403. The lowest BCUT2D eigenvalue weighted by Crippen LogP contribution is -2.32. The maximum Gasteiger partial charge on any atom is 0.134 e. The zero-order chi connectivity index (χ0) is 13.8. The molecule has 4 heteroatoms. The minimum atomic E-state index is -0.192. The number of hydrazine groups is 1. The van der Waals surface area contributed by atoms with Crippen molar-refractivity contribution >= 4 is 11.0 Å². The highest BCUT2D eigenvalue weighted by molar-refractivity contribution is 5.77. The van der Waals surface area contributed by atoms with Gasteiger partial charge in [-0.2, -0.15) is 0 Å². The normalized spacial score (nSPS) is 12.4. The van der Waals surface area contributed by atoms with Gasteiger partial charge in [-0.05, 0) is 24.3 Å². The smallest absolute Gasteiger partial charge is 0.134 e. The number of nitrogens with one attached hydrogen (secondary N) is 1. The molecular formula is C16H16N2O2. The molecule has 0 bridgehead atoms. The third-order valence-electron chi connectivity index (χ3n) is 3.15. The third-order valence-corrected chi connectivity index (χ3v) is 3.15. The molecule has 0 aliphatic carbocycles. The monoisotopic (exact) mass is 268 g/mol. The van der Waals surface area contributed by atoms with Gasteiger partial charge in [-0.3, -0.25) is 5.84 Å². The molecule has 4 nitrogen and oxygen atoms in total. The van der Waals surface area contributed by atoms with Crippen molar-refractivity contribution in [3.8, 4) is 5.75 Å². The van der Waals surface area contributed by atoms with Crippen LogP contribution in [0.4, 0.5) is 0 Å². The summed E-state index contributed by atoms with van der Waals surface area (Å²) in [7, 11) is 0. The van der Waals surface area contributed by atoms with E-state index in [1.807, 2.05) is 60.7 Å². The Morgan fingerprint density at radius 3 is 2.55 bits per heavy atom. The molecule has 3 N–H and O–H groups in total. The van der Waals surface area contributed by atoms with E-state index < -0.39 is 0 Å². The Hall–Kier alpha value is -2.30. The molecule has 102 valence electrons. The van der Waals surface area contributed by atoms with Gasteiger partial charge in [-0.1, -0.05) is 36.4 Å². The first-order valence-corrected chi connectivity index (χ1v) is 6.49. The van der Waals surface area contributed by atoms with Crippen LogP contribution < -0.4 is 16.0 Å². The van der Waals surface area contributed by atoms with Gasteiger partial charge in [-0.25, -0.2) is 5.43 Å². The molecule has 0 aliphatic heterocycles. The number of ether oxygens (including phenoxy) is 1. The lowest BCUT2D eigenvalue weighted by molar-refractivity contribution is 0.250. The van der Waals surface area contributed by atoms with E-state index in [0.29, 0.717) is 6.61 Å². The van der Waals surface area contributed by atoms with Crippen LogP contribution >= 0.6 is 0 Å². The molecule has 0 radical (unpaired) electrons. The fraction of sp³-hybridized carbons (Fsp3) is 0.125. The topological polar surface area (TPSA) is 60.4 Å². The van der Waals surface area contributed by atoms with Crippen LogP contribution in [0, 0.1) is 0 Å². The Bertz CT molecular complexity index is 646. The minimum Gasteiger partial charge on any atom is -0.491 e.